The minimum atomic E-state index is -1.31. The number of carboxylic acids is 6. The fourth-order valence-electron chi connectivity index (χ4n) is 6.63. The number of hydrogen-bond donors (Lipinski definition) is 13. The molecule has 2 aliphatic heterocycles. The number of nitrogens with two attached hydrogens (primary N) is 3. The second kappa shape index (κ2) is 39.6. The molecule has 2 unspecified atom stereocenters. The Morgan fingerprint density at radius 3 is 1.26 bits per heavy atom. The molecule has 0 bridgehead atoms. The normalized spacial score (nSPS) is 13.3. The highest BCUT2D eigenvalue weighted by atomic mass is 16.4. The van der Waals surface area contributed by atoms with Gasteiger partial charge in [0, 0.05) is 108 Å². The van der Waals surface area contributed by atoms with E-state index in [4.69, 9.17) is 41.2 Å². The van der Waals surface area contributed by atoms with Crippen molar-refractivity contribution in [3.8, 4) is 0 Å². The summed E-state index contributed by atoms with van der Waals surface area (Å²) in [4.78, 5) is 139. The molecule has 2 heterocycles. The van der Waals surface area contributed by atoms with E-state index in [1.165, 1.54) is 18.2 Å². The maximum Gasteiger partial charge on any atom is 0.326 e. The van der Waals surface area contributed by atoms with Crippen LogP contribution in [-0.4, -0.2) is 207 Å². The number of carbonyl (C=O) groups excluding carboxylic acids is 6. The van der Waals surface area contributed by atoms with Crippen LogP contribution in [-0.2, 0) is 33.6 Å². The molecule has 2 saturated heterocycles. The number of unbranched alkanes of at least 4 members (excludes halogenated alkanes) is 3. The van der Waals surface area contributed by atoms with Crippen LogP contribution in [0.5, 0.6) is 0 Å². The standard InChI is InChI=1S/C31H48N8O8.C6H10N2O5.C5H8O4.C2H6.CH3NO/c1-33-25(29(44)45)7-4-6-10-35-31(47)39-17-13-37(14-18-39)28(43)23-19-22(20-24(32)21-23)27(42)36-11-15-38(16-12-36)30(46)34-9-5-2-3-8-26(40)41;7-6(13)8-3(5(11)12)1-2-4(9)10;6-4(7)2-1-3-5(8)9;1-2;2-1-3/h19-21,25,33H,2-18,32H2,1H3,(H,34,46)(H,35,47)(H,40,41)(H,44,45);3H,1-2H2,(H,9,10)(H,11,12)(H3,7,8,13);1-3H2,(H,6,7)(H,8,9);1-2H3;1H,(H2,2,3). The first kappa shape index (κ1) is 68.1. The first-order valence-electron chi connectivity index (χ1n) is 23.7. The van der Waals surface area contributed by atoms with E-state index in [1.54, 1.807) is 26.6 Å². The first-order chi connectivity index (χ1) is 35.0. The number of hydrogen-bond acceptors (Lipinski definition) is 14. The number of nitrogens with one attached hydrogen (secondary N) is 4. The number of carbonyl (C=O) groups is 12. The predicted molar refractivity (Wildman–Crippen MR) is 265 cm³/mol. The molecule has 74 heavy (non-hydrogen) atoms. The third-order valence-corrected chi connectivity index (χ3v) is 10.4. The van der Waals surface area contributed by atoms with E-state index in [2.05, 4.69) is 27.4 Å². The van der Waals surface area contributed by atoms with Gasteiger partial charge in [-0.15, -0.1) is 0 Å². The van der Waals surface area contributed by atoms with E-state index in [9.17, 15) is 52.7 Å². The van der Waals surface area contributed by atoms with Crippen LogP contribution in [0.2, 0.25) is 0 Å². The van der Waals surface area contributed by atoms with Gasteiger partial charge in [-0.25, -0.2) is 19.2 Å². The van der Waals surface area contributed by atoms with Gasteiger partial charge in [0.25, 0.3) is 11.8 Å². The predicted octanol–water partition coefficient (Wildman–Crippen LogP) is 0.118. The lowest BCUT2D eigenvalue weighted by Gasteiger charge is -2.35. The molecular formula is C45H75N11O18. The summed E-state index contributed by atoms with van der Waals surface area (Å²) in [6, 6.07) is 1.31. The van der Waals surface area contributed by atoms with Crippen molar-refractivity contribution in [1.29, 1.82) is 0 Å². The number of rotatable bonds is 24. The van der Waals surface area contributed by atoms with Crippen molar-refractivity contribution >= 4 is 77.8 Å². The molecular weight excluding hydrogens is 983 g/mol. The van der Waals surface area contributed by atoms with Gasteiger partial charge in [-0.05, 0) is 70.2 Å². The van der Waals surface area contributed by atoms with Crippen LogP contribution >= 0.6 is 0 Å². The number of aliphatic carboxylic acids is 6. The minimum absolute atomic E-state index is 0.0632. The lowest BCUT2D eigenvalue weighted by atomic mass is 10.1. The van der Waals surface area contributed by atoms with E-state index < -0.39 is 53.9 Å². The minimum Gasteiger partial charge on any atom is -0.481 e. The highest BCUT2D eigenvalue weighted by Crippen LogP contribution is 2.18. The third kappa shape index (κ3) is 31.4. The summed E-state index contributed by atoms with van der Waals surface area (Å²) in [5, 5.41) is 60.9. The molecule has 1 aromatic rings. The molecule has 0 aliphatic carbocycles. The summed E-state index contributed by atoms with van der Waals surface area (Å²) >= 11 is 0. The molecule has 0 radical (unpaired) electrons. The molecule has 418 valence electrons. The maximum atomic E-state index is 13.3. The molecule has 2 fully saturated rings. The molecule has 0 saturated carbocycles. The number of nitrogen functional groups attached to an aromatic ring is 1. The number of amides is 9. The fourth-order valence-corrected chi connectivity index (χ4v) is 6.63. The second-order valence-electron chi connectivity index (χ2n) is 15.9. The number of anilines is 1. The number of likely N-dealkylation sites (N-methyl/N-ethyl adjacent to an activating group) is 1. The van der Waals surface area contributed by atoms with Crippen LogP contribution < -0.4 is 38.5 Å². The zero-order chi connectivity index (χ0) is 56.8. The quantitative estimate of drug-likeness (QED) is 0.0371. The van der Waals surface area contributed by atoms with Crippen molar-refractivity contribution in [1.82, 2.24) is 40.9 Å². The monoisotopic (exact) mass is 1060 g/mol. The summed E-state index contributed by atoms with van der Waals surface area (Å²) in [6.07, 6.45) is 3.67. The molecule has 2 aliphatic rings. The van der Waals surface area contributed by atoms with E-state index in [0.717, 1.165) is 0 Å². The first-order valence-corrected chi connectivity index (χ1v) is 23.7. The van der Waals surface area contributed by atoms with Crippen LogP contribution in [0.25, 0.3) is 0 Å². The molecule has 1 aromatic carbocycles. The van der Waals surface area contributed by atoms with E-state index in [1.807, 2.05) is 19.2 Å². The van der Waals surface area contributed by atoms with Crippen molar-refractivity contribution in [2.75, 3.05) is 78.2 Å². The van der Waals surface area contributed by atoms with Crippen molar-refractivity contribution in [2.45, 2.75) is 103 Å². The molecule has 29 nitrogen and oxygen atoms in total. The Bertz CT molecular complexity index is 1960. The van der Waals surface area contributed by atoms with Gasteiger partial charge in [0.05, 0.1) is 0 Å². The molecule has 0 aromatic heterocycles. The van der Waals surface area contributed by atoms with Gasteiger partial charge < -0.3 is 88.7 Å². The highest BCUT2D eigenvalue weighted by molar-refractivity contribution is 6.01. The number of carboxylic acid groups (broad SMARTS) is 6. The lowest BCUT2D eigenvalue weighted by Crippen LogP contribution is -2.53. The highest BCUT2D eigenvalue weighted by Gasteiger charge is 2.28. The van der Waals surface area contributed by atoms with Gasteiger partial charge >= 0.3 is 53.9 Å². The maximum absolute atomic E-state index is 13.3. The molecule has 16 N–H and O–H groups in total. The average Bonchev–Trinajstić information content (AvgIpc) is 3.34. The topological polar surface area (TPSA) is 465 Å². The Hall–Kier alpha value is -7.98. The van der Waals surface area contributed by atoms with Gasteiger partial charge in [0.1, 0.15) is 12.1 Å². The number of primary amides is 2. The van der Waals surface area contributed by atoms with Crippen LogP contribution in [0, 0.1) is 0 Å². The van der Waals surface area contributed by atoms with Crippen molar-refractivity contribution in [3.63, 3.8) is 0 Å². The number of benzene rings is 1. The number of piperazine rings is 2. The Balaban J connectivity index is 0. The van der Waals surface area contributed by atoms with Crippen LogP contribution in [0.4, 0.5) is 20.1 Å². The smallest absolute Gasteiger partial charge is 0.326 e. The lowest BCUT2D eigenvalue weighted by molar-refractivity contribution is -0.141. The van der Waals surface area contributed by atoms with Gasteiger partial charge in [-0.2, -0.15) is 0 Å². The van der Waals surface area contributed by atoms with Gasteiger partial charge in [0.2, 0.25) is 6.41 Å². The van der Waals surface area contributed by atoms with E-state index in [0.29, 0.717) is 104 Å². The largest absolute Gasteiger partial charge is 0.481 e. The molecule has 0 spiro atoms. The van der Waals surface area contributed by atoms with Crippen LogP contribution in [0.15, 0.2) is 18.2 Å². The van der Waals surface area contributed by atoms with Crippen LogP contribution in [0.1, 0.15) is 112 Å². The molecule has 29 heteroatoms. The zero-order valence-corrected chi connectivity index (χ0v) is 42.1. The summed E-state index contributed by atoms with van der Waals surface area (Å²) in [5.41, 5.74) is 15.8. The Morgan fingerprint density at radius 2 is 0.905 bits per heavy atom. The van der Waals surface area contributed by atoms with Crippen molar-refractivity contribution < 1.29 is 88.2 Å². The SMILES string of the molecule is CC.CNC(CCCCNC(=O)N1CCN(C(=O)c2cc(N)cc(C(=O)N3CCN(C(=O)NCCCCCC(=O)O)CC3)c2)CC1)C(=O)O.NC(=O)NC(CCC(=O)O)C(=O)O.NC=O.O=C(O)CCCC(=O)O. The van der Waals surface area contributed by atoms with E-state index >= 15 is 0 Å². The van der Waals surface area contributed by atoms with Gasteiger partial charge in [-0.3, -0.25) is 38.4 Å². The van der Waals surface area contributed by atoms with Crippen molar-refractivity contribution in [3.05, 3.63) is 29.3 Å². The van der Waals surface area contributed by atoms with Gasteiger partial charge in [0.15, 0.2) is 0 Å². The fraction of sp³-hybridized carbons (Fsp3) is 0.600. The molecule has 3 rings (SSSR count). The summed E-state index contributed by atoms with van der Waals surface area (Å²) in [5.74, 6) is -6.62. The number of urea groups is 3. The van der Waals surface area contributed by atoms with Crippen LogP contribution in [0.3, 0.4) is 0 Å². The molecule has 9 amide bonds. The Labute approximate surface area is 428 Å². The van der Waals surface area contributed by atoms with E-state index in [-0.39, 0.29) is 85.6 Å². The summed E-state index contributed by atoms with van der Waals surface area (Å²) < 4.78 is 0. The van der Waals surface area contributed by atoms with Crippen molar-refractivity contribution in [2.24, 2.45) is 11.5 Å². The zero-order valence-electron chi connectivity index (χ0n) is 42.1. The summed E-state index contributed by atoms with van der Waals surface area (Å²) in [7, 11) is 1.60. The summed E-state index contributed by atoms with van der Waals surface area (Å²) in [6.45, 7) is 7.55. The third-order valence-electron chi connectivity index (χ3n) is 10.4. The Kier molecular flexibility index (Phi) is 36.5. The Morgan fingerprint density at radius 1 is 0.541 bits per heavy atom. The van der Waals surface area contributed by atoms with Gasteiger partial charge in [-0.1, -0.05) is 20.3 Å². The molecule has 2 atom stereocenters. The number of nitrogens with zero attached hydrogens (tertiary/aromatic N) is 4. The average molecular weight is 1060 g/mol. The second-order valence-corrected chi connectivity index (χ2v) is 15.9.